The van der Waals surface area contributed by atoms with Crippen molar-refractivity contribution < 1.29 is 18.3 Å². The summed E-state index contributed by atoms with van der Waals surface area (Å²) in [5.74, 6) is 3.06. The van der Waals surface area contributed by atoms with Crippen molar-refractivity contribution in [3.8, 4) is 23.0 Å². The molecule has 8 nitrogen and oxygen atoms in total. The van der Waals surface area contributed by atoms with Gasteiger partial charge in [-0.1, -0.05) is 12.1 Å². The molecule has 0 radical (unpaired) electrons. The first kappa shape index (κ1) is 18.6. The zero-order chi connectivity index (χ0) is 20.8. The average molecular weight is 436 g/mol. The number of piperidine rings is 1. The van der Waals surface area contributed by atoms with Crippen molar-refractivity contribution in [3.63, 3.8) is 0 Å². The van der Waals surface area contributed by atoms with Crippen LogP contribution >= 0.6 is 12.2 Å². The Labute approximate surface area is 183 Å². The highest BCUT2D eigenvalue weighted by molar-refractivity contribution is 7.71. The van der Waals surface area contributed by atoms with E-state index in [2.05, 4.69) is 15.0 Å². The lowest BCUT2D eigenvalue weighted by Gasteiger charge is -2.29. The molecule has 1 fully saturated rings. The van der Waals surface area contributed by atoms with Crippen LogP contribution in [0.3, 0.4) is 0 Å². The Balaban J connectivity index is 1.13. The van der Waals surface area contributed by atoms with Crippen molar-refractivity contribution in [3.05, 3.63) is 53.2 Å². The van der Waals surface area contributed by atoms with Gasteiger partial charge in [-0.3, -0.25) is 4.90 Å². The van der Waals surface area contributed by atoms with E-state index in [0.717, 1.165) is 54.2 Å². The standard InChI is InChI=1S/C22H20N4O4S/c31-22-26(24-21(30-22)15-5-6-18-19(11-15)28-13-27-18)12-25-9-7-14(8-10-25)20-23-16-3-1-2-4-17(16)29-20/h1-6,11,14H,7-10,12-13H2. The SMILES string of the molecule is S=c1oc(-c2ccc3c(c2)OCO3)nn1CN1CCC(c2nc3ccccc3o2)CC1. The molecule has 2 aromatic heterocycles. The lowest BCUT2D eigenvalue weighted by Crippen LogP contribution is -2.34. The number of aromatic nitrogens is 3. The van der Waals surface area contributed by atoms with E-state index in [1.807, 2.05) is 42.5 Å². The fraction of sp³-hybridized carbons (Fsp3) is 0.318. The van der Waals surface area contributed by atoms with Crippen molar-refractivity contribution in [2.24, 2.45) is 0 Å². The molecule has 0 saturated carbocycles. The molecule has 0 N–H and O–H groups in total. The van der Waals surface area contributed by atoms with Crippen LogP contribution in [-0.4, -0.2) is 39.5 Å². The molecule has 0 aliphatic carbocycles. The first-order valence-corrected chi connectivity index (χ1v) is 10.7. The van der Waals surface area contributed by atoms with E-state index in [-0.39, 0.29) is 6.79 Å². The molecule has 31 heavy (non-hydrogen) atoms. The van der Waals surface area contributed by atoms with Gasteiger partial charge in [-0.2, -0.15) is 0 Å². The second-order valence-corrected chi connectivity index (χ2v) is 8.14. The number of ether oxygens (including phenoxy) is 2. The maximum absolute atomic E-state index is 5.97. The molecule has 0 bridgehead atoms. The summed E-state index contributed by atoms with van der Waals surface area (Å²) in [4.78, 5) is 7.34. The van der Waals surface area contributed by atoms with Crippen molar-refractivity contribution in [2.45, 2.75) is 25.4 Å². The number of hydrogen-bond acceptors (Lipinski definition) is 8. The van der Waals surface area contributed by atoms with Crippen molar-refractivity contribution in [1.82, 2.24) is 19.7 Å². The van der Waals surface area contributed by atoms with Gasteiger partial charge in [0.1, 0.15) is 5.52 Å². The van der Waals surface area contributed by atoms with Gasteiger partial charge in [0.15, 0.2) is 23.0 Å². The van der Waals surface area contributed by atoms with Crippen molar-refractivity contribution in [2.75, 3.05) is 19.9 Å². The molecule has 9 heteroatoms. The first-order chi connectivity index (χ1) is 15.2. The highest BCUT2D eigenvalue weighted by atomic mass is 32.1. The molecule has 0 spiro atoms. The summed E-state index contributed by atoms with van der Waals surface area (Å²) in [5, 5.41) is 4.58. The quantitative estimate of drug-likeness (QED) is 0.430. The van der Waals surface area contributed by atoms with Gasteiger partial charge >= 0.3 is 0 Å². The molecule has 0 atom stereocenters. The molecule has 6 rings (SSSR count). The van der Waals surface area contributed by atoms with Crippen LogP contribution in [0.1, 0.15) is 24.7 Å². The lowest BCUT2D eigenvalue weighted by atomic mass is 9.97. The fourth-order valence-electron chi connectivity index (χ4n) is 4.12. The second kappa shape index (κ2) is 7.51. The Hall–Kier alpha value is -3.17. The van der Waals surface area contributed by atoms with Crippen molar-refractivity contribution in [1.29, 1.82) is 0 Å². The summed E-state index contributed by atoms with van der Waals surface area (Å²) < 4.78 is 24.2. The van der Waals surface area contributed by atoms with E-state index in [9.17, 15) is 0 Å². The Bertz CT molecular complexity index is 1270. The fourth-order valence-corrected chi connectivity index (χ4v) is 4.29. The maximum Gasteiger partial charge on any atom is 0.288 e. The predicted octanol–water partition coefficient (Wildman–Crippen LogP) is 4.58. The second-order valence-electron chi connectivity index (χ2n) is 7.79. The van der Waals surface area contributed by atoms with Crippen LogP contribution in [0.25, 0.3) is 22.6 Å². The topological polar surface area (TPSA) is 78.7 Å². The normalized spacial score (nSPS) is 16.9. The van der Waals surface area contributed by atoms with E-state index < -0.39 is 0 Å². The van der Waals surface area contributed by atoms with Crippen molar-refractivity contribution >= 4 is 23.3 Å². The first-order valence-electron chi connectivity index (χ1n) is 10.3. The van der Waals surface area contributed by atoms with E-state index >= 15 is 0 Å². The van der Waals surface area contributed by atoms with E-state index in [4.69, 9.17) is 30.5 Å². The summed E-state index contributed by atoms with van der Waals surface area (Å²) in [6.45, 7) is 2.65. The monoisotopic (exact) mass is 436 g/mol. The third kappa shape index (κ3) is 3.49. The number of hydrogen-bond donors (Lipinski definition) is 0. The van der Waals surface area contributed by atoms with Gasteiger partial charge in [0.25, 0.3) is 4.84 Å². The highest BCUT2D eigenvalue weighted by Crippen LogP contribution is 2.35. The Morgan fingerprint density at radius 2 is 1.84 bits per heavy atom. The zero-order valence-electron chi connectivity index (χ0n) is 16.7. The van der Waals surface area contributed by atoms with E-state index in [0.29, 0.717) is 29.1 Å². The molecule has 2 aliphatic rings. The van der Waals surface area contributed by atoms with E-state index in [1.54, 1.807) is 4.68 Å². The summed E-state index contributed by atoms with van der Waals surface area (Å²) >= 11 is 5.40. The minimum absolute atomic E-state index is 0.232. The minimum Gasteiger partial charge on any atom is -0.454 e. The van der Waals surface area contributed by atoms with Gasteiger partial charge in [0, 0.05) is 24.6 Å². The van der Waals surface area contributed by atoms with Gasteiger partial charge in [-0.15, -0.1) is 5.10 Å². The average Bonchev–Trinajstić information content (AvgIpc) is 3.52. The molecule has 4 heterocycles. The predicted molar refractivity (Wildman–Crippen MR) is 114 cm³/mol. The van der Waals surface area contributed by atoms with Crippen LogP contribution in [0.4, 0.5) is 0 Å². The van der Waals surface area contributed by atoms with E-state index in [1.165, 1.54) is 0 Å². The largest absolute Gasteiger partial charge is 0.454 e. The molecule has 158 valence electrons. The Kier molecular flexibility index (Phi) is 4.50. The van der Waals surface area contributed by atoms with Gasteiger partial charge in [0.05, 0.1) is 6.67 Å². The smallest absolute Gasteiger partial charge is 0.288 e. The number of para-hydroxylation sites is 2. The van der Waals surface area contributed by atoms with Crippen LogP contribution < -0.4 is 9.47 Å². The summed E-state index contributed by atoms with van der Waals surface area (Å²) in [6, 6.07) is 13.5. The molecule has 2 aromatic carbocycles. The molecule has 1 saturated heterocycles. The number of oxazole rings is 1. The van der Waals surface area contributed by atoms with Crippen LogP contribution in [-0.2, 0) is 6.67 Å². The van der Waals surface area contributed by atoms with Gasteiger partial charge in [0.2, 0.25) is 12.7 Å². The Morgan fingerprint density at radius 1 is 1.00 bits per heavy atom. The maximum atomic E-state index is 5.97. The number of benzene rings is 2. The Morgan fingerprint density at radius 3 is 2.71 bits per heavy atom. The highest BCUT2D eigenvalue weighted by Gasteiger charge is 2.25. The van der Waals surface area contributed by atoms with Gasteiger partial charge < -0.3 is 18.3 Å². The van der Waals surface area contributed by atoms with Crippen LogP contribution in [0.15, 0.2) is 51.3 Å². The molecule has 2 aliphatic heterocycles. The molecular weight excluding hydrogens is 416 g/mol. The molecule has 0 unspecified atom stereocenters. The number of likely N-dealkylation sites (tertiary alicyclic amines) is 1. The van der Waals surface area contributed by atoms with Gasteiger partial charge in [-0.05, 0) is 55.4 Å². The summed E-state index contributed by atoms with van der Waals surface area (Å²) in [6.07, 6.45) is 1.96. The summed E-state index contributed by atoms with van der Waals surface area (Å²) in [5.41, 5.74) is 2.58. The minimum atomic E-state index is 0.232. The summed E-state index contributed by atoms with van der Waals surface area (Å²) in [7, 11) is 0. The zero-order valence-corrected chi connectivity index (χ0v) is 17.5. The number of fused-ring (bicyclic) bond motifs is 2. The third-order valence-corrected chi connectivity index (χ3v) is 6.10. The van der Waals surface area contributed by atoms with Gasteiger partial charge in [-0.25, -0.2) is 9.67 Å². The molecular formula is C22H20N4O4S. The molecule has 4 aromatic rings. The lowest BCUT2D eigenvalue weighted by molar-refractivity contribution is 0.152. The van der Waals surface area contributed by atoms with Crippen LogP contribution in [0.2, 0.25) is 0 Å². The number of rotatable bonds is 4. The number of nitrogens with zero attached hydrogens (tertiary/aromatic N) is 4. The third-order valence-electron chi connectivity index (χ3n) is 5.81. The van der Waals surface area contributed by atoms with Crippen LogP contribution in [0, 0.1) is 4.84 Å². The molecule has 0 amide bonds. The van der Waals surface area contributed by atoms with Crippen LogP contribution in [0.5, 0.6) is 11.5 Å².